The van der Waals surface area contributed by atoms with Crippen molar-refractivity contribution in [1.82, 2.24) is 9.97 Å². The molecule has 30 heavy (non-hydrogen) atoms. The zero-order valence-electron chi connectivity index (χ0n) is 17.4. The van der Waals surface area contributed by atoms with Crippen LogP contribution in [0.15, 0.2) is 29.1 Å². The third-order valence-electron chi connectivity index (χ3n) is 5.91. The molecule has 0 saturated carbocycles. The fourth-order valence-electron chi connectivity index (χ4n) is 4.39. The minimum atomic E-state index is -0.351. The standard InChI is InChI=1S/C22H29FN4O3/c1-29-21-16(6-5-8-18(21)23)14-17-7-3-2-4-9-27(17)22-24-19(15-20(28)25-22)26-10-12-30-13-11-26/h5-6,8,15,17H,2-4,7,9-14H2,1H3,(H,24,25,28)/t17-/m1/s1. The van der Waals surface area contributed by atoms with Crippen molar-refractivity contribution in [2.24, 2.45) is 0 Å². The largest absolute Gasteiger partial charge is 0.493 e. The molecule has 2 saturated heterocycles. The number of hydrogen-bond acceptors (Lipinski definition) is 6. The number of nitrogens with one attached hydrogen (secondary N) is 1. The van der Waals surface area contributed by atoms with E-state index in [1.54, 1.807) is 12.1 Å². The SMILES string of the molecule is COc1c(F)cccc1C[C@H]1CCCCCN1c1nc(N2CCOCC2)cc(=O)[nH]1. The van der Waals surface area contributed by atoms with Crippen LogP contribution >= 0.6 is 0 Å². The van der Waals surface area contributed by atoms with Crippen molar-refractivity contribution < 1.29 is 13.9 Å². The van der Waals surface area contributed by atoms with Crippen LogP contribution in [0.1, 0.15) is 31.2 Å². The van der Waals surface area contributed by atoms with Crippen molar-refractivity contribution in [2.45, 2.75) is 38.1 Å². The summed E-state index contributed by atoms with van der Waals surface area (Å²) in [5.74, 6) is 1.22. The van der Waals surface area contributed by atoms with Crippen LogP contribution < -0.4 is 20.1 Å². The third-order valence-corrected chi connectivity index (χ3v) is 5.91. The van der Waals surface area contributed by atoms with E-state index in [1.807, 2.05) is 6.07 Å². The number of anilines is 2. The molecular formula is C22H29FN4O3. The predicted octanol–water partition coefficient (Wildman–Crippen LogP) is 2.75. The highest BCUT2D eigenvalue weighted by Gasteiger charge is 2.26. The molecule has 2 aliphatic rings. The fraction of sp³-hybridized carbons (Fsp3) is 0.545. The highest BCUT2D eigenvalue weighted by atomic mass is 19.1. The second-order valence-corrected chi connectivity index (χ2v) is 7.86. The normalized spacial score (nSPS) is 20.1. The summed E-state index contributed by atoms with van der Waals surface area (Å²) in [6.45, 7) is 3.52. The van der Waals surface area contributed by atoms with Gasteiger partial charge in [0.1, 0.15) is 5.82 Å². The molecule has 0 aliphatic carbocycles. The van der Waals surface area contributed by atoms with Crippen LogP contribution in [-0.4, -0.2) is 56.0 Å². The molecule has 0 unspecified atom stereocenters. The Labute approximate surface area is 175 Å². The number of aromatic amines is 1. The summed E-state index contributed by atoms with van der Waals surface area (Å²) < 4.78 is 24.9. The maximum Gasteiger partial charge on any atom is 0.254 e. The van der Waals surface area contributed by atoms with Crippen LogP contribution in [0.25, 0.3) is 0 Å². The zero-order valence-corrected chi connectivity index (χ0v) is 17.4. The van der Waals surface area contributed by atoms with E-state index < -0.39 is 0 Å². The highest BCUT2D eigenvalue weighted by Crippen LogP contribution is 2.29. The molecule has 162 valence electrons. The van der Waals surface area contributed by atoms with Gasteiger partial charge in [0.2, 0.25) is 5.95 Å². The van der Waals surface area contributed by atoms with Gasteiger partial charge in [-0.1, -0.05) is 25.0 Å². The molecule has 3 heterocycles. The van der Waals surface area contributed by atoms with E-state index in [-0.39, 0.29) is 17.4 Å². The number of H-pyrrole nitrogens is 1. The lowest BCUT2D eigenvalue weighted by molar-refractivity contribution is 0.122. The summed E-state index contributed by atoms with van der Waals surface area (Å²) in [5, 5.41) is 0. The van der Waals surface area contributed by atoms with E-state index >= 15 is 0 Å². The zero-order chi connectivity index (χ0) is 20.9. The monoisotopic (exact) mass is 416 g/mol. The first-order valence-corrected chi connectivity index (χ1v) is 10.7. The topological polar surface area (TPSA) is 70.7 Å². The minimum absolute atomic E-state index is 0.103. The van der Waals surface area contributed by atoms with Gasteiger partial charge in [0.15, 0.2) is 11.6 Å². The van der Waals surface area contributed by atoms with Gasteiger partial charge in [-0.05, 0) is 30.9 Å². The number of nitrogens with zero attached hydrogens (tertiary/aromatic N) is 3. The number of para-hydroxylation sites is 1. The van der Waals surface area contributed by atoms with E-state index in [0.717, 1.165) is 50.9 Å². The van der Waals surface area contributed by atoms with Crippen molar-refractivity contribution in [1.29, 1.82) is 0 Å². The number of benzene rings is 1. The number of morpholine rings is 1. The Bertz CT molecular complexity index is 913. The molecule has 4 rings (SSSR count). The van der Waals surface area contributed by atoms with E-state index in [0.29, 0.717) is 37.2 Å². The number of aromatic nitrogens is 2. The second-order valence-electron chi connectivity index (χ2n) is 7.86. The first-order valence-electron chi connectivity index (χ1n) is 10.7. The molecule has 1 atom stereocenters. The van der Waals surface area contributed by atoms with Gasteiger partial charge in [0, 0.05) is 31.7 Å². The molecule has 2 fully saturated rings. The number of hydrogen-bond donors (Lipinski definition) is 1. The van der Waals surface area contributed by atoms with Crippen LogP contribution in [0.2, 0.25) is 0 Å². The number of ether oxygens (including phenoxy) is 2. The van der Waals surface area contributed by atoms with Gasteiger partial charge < -0.3 is 19.3 Å². The summed E-state index contributed by atoms with van der Waals surface area (Å²) in [6.07, 6.45) is 4.83. The maximum atomic E-state index is 14.2. The van der Waals surface area contributed by atoms with E-state index in [2.05, 4.69) is 14.8 Å². The summed E-state index contributed by atoms with van der Waals surface area (Å²) in [5.41, 5.74) is 0.675. The van der Waals surface area contributed by atoms with Gasteiger partial charge >= 0.3 is 0 Å². The van der Waals surface area contributed by atoms with E-state index in [9.17, 15) is 9.18 Å². The van der Waals surface area contributed by atoms with Crippen molar-refractivity contribution in [3.05, 3.63) is 46.0 Å². The average molecular weight is 416 g/mol. The van der Waals surface area contributed by atoms with Crippen LogP contribution in [0, 0.1) is 5.82 Å². The minimum Gasteiger partial charge on any atom is -0.493 e. The predicted molar refractivity (Wildman–Crippen MR) is 114 cm³/mol. The molecule has 2 aliphatic heterocycles. The molecular weight excluding hydrogens is 387 g/mol. The molecule has 8 heteroatoms. The van der Waals surface area contributed by atoms with E-state index in [1.165, 1.54) is 13.2 Å². The Morgan fingerprint density at radius 3 is 2.87 bits per heavy atom. The molecule has 1 N–H and O–H groups in total. The van der Waals surface area contributed by atoms with Crippen molar-refractivity contribution in [3.8, 4) is 5.75 Å². The van der Waals surface area contributed by atoms with Crippen molar-refractivity contribution in [2.75, 3.05) is 49.8 Å². The smallest absolute Gasteiger partial charge is 0.254 e. The molecule has 2 aromatic rings. The van der Waals surface area contributed by atoms with Crippen molar-refractivity contribution in [3.63, 3.8) is 0 Å². The summed E-state index contributed by atoms with van der Waals surface area (Å²) >= 11 is 0. The molecule has 0 bridgehead atoms. The van der Waals surface area contributed by atoms with Crippen LogP contribution in [0.5, 0.6) is 5.75 Å². The Morgan fingerprint density at radius 1 is 1.23 bits per heavy atom. The summed E-state index contributed by atoms with van der Waals surface area (Å²) in [6, 6.07) is 6.69. The first kappa shape index (κ1) is 20.7. The fourth-order valence-corrected chi connectivity index (χ4v) is 4.39. The van der Waals surface area contributed by atoms with Crippen molar-refractivity contribution >= 4 is 11.8 Å². The van der Waals surface area contributed by atoms with Gasteiger partial charge in [-0.2, -0.15) is 4.98 Å². The van der Waals surface area contributed by atoms with E-state index in [4.69, 9.17) is 14.5 Å². The number of halogens is 1. The van der Waals surface area contributed by atoms with Gasteiger partial charge in [-0.15, -0.1) is 0 Å². The van der Waals surface area contributed by atoms with Crippen LogP contribution in [0.4, 0.5) is 16.2 Å². The van der Waals surface area contributed by atoms with Crippen LogP contribution in [0.3, 0.4) is 0 Å². The first-order chi connectivity index (χ1) is 14.7. The van der Waals surface area contributed by atoms with Gasteiger partial charge in [0.25, 0.3) is 5.56 Å². The Hall–Kier alpha value is -2.61. The molecule has 1 aromatic heterocycles. The van der Waals surface area contributed by atoms with Gasteiger partial charge in [-0.25, -0.2) is 4.39 Å². The highest BCUT2D eigenvalue weighted by molar-refractivity contribution is 5.45. The summed E-state index contributed by atoms with van der Waals surface area (Å²) in [7, 11) is 1.50. The third kappa shape index (κ3) is 4.59. The summed E-state index contributed by atoms with van der Waals surface area (Å²) in [4.78, 5) is 24.5. The Balaban J connectivity index is 1.64. The number of rotatable bonds is 5. The molecule has 0 radical (unpaired) electrons. The van der Waals surface area contributed by atoms with Gasteiger partial charge in [-0.3, -0.25) is 9.78 Å². The van der Waals surface area contributed by atoms with Crippen LogP contribution in [-0.2, 0) is 11.2 Å². The number of methoxy groups -OCH3 is 1. The molecule has 1 aromatic carbocycles. The molecule has 7 nitrogen and oxygen atoms in total. The lowest BCUT2D eigenvalue weighted by atomic mass is 10.00. The Morgan fingerprint density at radius 2 is 2.07 bits per heavy atom. The second kappa shape index (κ2) is 9.47. The van der Waals surface area contributed by atoms with Gasteiger partial charge in [0.05, 0.1) is 20.3 Å². The Kier molecular flexibility index (Phi) is 6.52. The maximum absolute atomic E-state index is 14.2. The molecule has 0 spiro atoms. The lowest BCUT2D eigenvalue weighted by Crippen LogP contribution is -2.41. The lowest BCUT2D eigenvalue weighted by Gasteiger charge is -2.33. The molecule has 0 amide bonds. The quantitative estimate of drug-likeness (QED) is 0.808. The average Bonchev–Trinajstić information content (AvgIpc) is 3.00.